The Morgan fingerprint density at radius 3 is 2.65 bits per heavy atom. The van der Waals surface area contributed by atoms with Crippen LogP contribution in [-0.2, 0) is 4.79 Å². The molecule has 3 atom stereocenters. The molecule has 0 bridgehead atoms. The first-order chi connectivity index (χ1) is 8.01. The van der Waals surface area contributed by atoms with Crippen LogP contribution in [0.4, 0.5) is 4.79 Å². The number of carbonyl (C=O) groups is 2. The zero-order valence-corrected chi connectivity index (χ0v) is 10.4. The second-order valence-corrected chi connectivity index (χ2v) is 5.21. The fourth-order valence-electron chi connectivity index (χ4n) is 2.68. The van der Waals surface area contributed by atoms with E-state index in [9.17, 15) is 14.7 Å². The Morgan fingerprint density at radius 2 is 2.18 bits per heavy atom. The molecule has 2 aliphatic rings. The fourth-order valence-corrected chi connectivity index (χ4v) is 2.68. The Hall–Kier alpha value is -1.26. The SMILES string of the molecule is CCC1(C(=O)O)CCCN1C(=O)NC1CC1C. The zero-order valence-electron chi connectivity index (χ0n) is 10.4. The number of aliphatic carboxylic acids is 1. The summed E-state index contributed by atoms with van der Waals surface area (Å²) < 4.78 is 0. The van der Waals surface area contributed by atoms with Crippen molar-refractivity contribution >= 4 is 12.0 Å². The van der Waals surface area contributed by atoms with Gasteiger partial charge in [0.05, 0.1) is 0 Å². The molecular weight excluding hydrogens is 220 g/mol. The molecule has 1 saturated heterocycles. The molecule has 3 unspecified atom stereocenters. The Balaban J connectivity index is 2.07. The van der Waals surface area contributed by atoms with Crippen LogP contribution in [0.1, 0.15) is 39.5 Å². The molecule has 2 rings (SSSR count). The third-order valence-corrected chi connectivity index (χ3v) is 4.14. The van der Waals surface area contributed by atoms with Crippen molar-refractivity contribution < 1.29 is 14.7 Å². The number of amides is 2. The molecule has 0 aromatic rings. The van der Waals surface area contributed by atoms with Crippen molar-refractivity contribution in [2.45, 2.75) is 51.1 Å². The maximum Gasteiger partial charge on any atom is 0.329 e. The highest BCUT2D eigenvalue weighted by Gasteiger charge is 2.49. The maximum atomic E-state index is 12.1. The number of rotatable bonds is 3. The molecule has 1 aliphatic carbocycles. The molecule has 0 aromatic carbocycles. The van der Waals surface area contributed by atoms with Gasteiger partial charge >= 0.3 is 12.0 Å². The van der Waals surface area contributed by atoms with Crippen LogP contribution in [0.15, 0.2) is 0 Å². The van der Waals surface area contributed by atoms with E-state index >= 15 is 0 Å². The summed E-state index contributed by atoms with van der Waals surface area (Å²) >= 11 is 0. The number of carbonyl (C=O) groups excluding carboxylic acids is 1. The van der Waals surface area contributed by atoms with Gasteiger partial charge in [-0.2, -0.15) is 0 Å². The van der Waals surface area contributed by atoms with Gasteiger partial charge in [-0.25, -0.2) is 9.59 Å². The Labute approximate surface area is 101 Å². The van der Waals surface area contributed by atoms with Gasteiger partial charge in [-0.1, -0.05) is 13.8 Å². The van der Waals surface area contributed by atoms with Gasteiger partial charge in [-0.15, -0.1) is 0 Å². The molecule has 2 fully saturated rings. The van der Waals surface area contributed by atoms with Gasteiger partial charge in [-0.3, -0.25) is 0 Å². The normalized spacial score (nSPS) is 35.8. The lowest BCUT2D eigenvalue weighted by atomic mass is 9.93. The van der Waals surface area contributed by atoms with Crippen molar-refractivity contribution in [3.63, 3.8) is 0 Å². The summed E-state index contributed by atoms with van der Waals surface area (Å²) in [5.41, 5.74) is -0.984. The first-order valence-corrected chi connectivity index (χ1v) is 6.33. The second-order valence-electron chi connectivity index (χ2n) is 5.21. The van der Waals surface area contributed by atoms with Crippen LogP contribution >= 0.6 is 0 Å². The van der Waals surface area contributed by atoms with Crippen molar-refractivity contribution in [3.8, 4) is 0 Å². The number of nitrogens with zero attached hydrogens (tertiary/aromatic N) is 1. The Kier molecular flexibility index (Phi) is 3.02. The summed E-state index contributed by atoms with van der Waals surface area (Å²) in [5.74, 6) is -0.348. The minimum Gasteiger partial charge on any atom is -0.479 e. The van der Waals surface area contributed by atoms with Crippen LogP contribution in [0.25, 0.3) is 0 Å². The molecule has 0 radical (unpaired) electrons. The van der Waals surface area contributed by atoms with Crippen LogP contribution in [0, 0.1) is 5.92 Å². The van der Waals surface area contributed by atoms with Gasteiger partial charge in [0.1, 0.15) is 5.54 Å². The fraction of sp³-hybridized carbons (Fsp3) is 0.833. The maximum absolute atomic E-state index is 12.1. The molecule has 17 heavy (non-hydrogen) atoms. The third-order valence-electron chi connectivity index (χ3n) is 4.14. The summed E-state index contributed by atoms with van der Waals surface area (Å²) in [6.45, 7) is 4.46. The summed E-state index contributed by atoms with van der Waals surface area (Å²) in [4.78, 5) is 25.0. The van der Waals surface area contributed by atoms with E-state index in [2.05, 4.69) is 12.2 Å². The van der Waals surface area contributed by atoms with Gasteiger partial charge in [0.25, 0.3) is 0 Å². The number of carboxylic acids is 1. The molecule has 0 spiro atoms. The van der Waals surface area contributed by atoms with E-state index in [0.717, 1.165) is 12.8 Å². The highest BCUT2D eigenvalue weighted by molar-refractivity contribution is 5.87. The average molecular weight is 240 g/mol. The average Bonchev–Trinajstić information content (AvgIpc) is 2.83. The summed E-state index contributed by atoms with van der Waals surface area (Å²) in [6, 6.07) is 0.0348. The molecule has 1 saturated carbocycles. The van der Waals surface area contributed by atoms with Crippen molar-refractivity contribution in [1.82, 2.24) is 10.2 Å². The van der Waals surface area contributed by atoms with Crippen LogP contribution in [0.5, 0.6) is 0 Å². The van der Waals surface area contributed by atoms with Gasteiger partial charge in [-0.05, 0) is 31.6 Å². The number of nitrogens with one attached hydrogen (secondary N) is 1. The molecule has 0 aromatic heterocycles. The number of hydrogen-bond acceptors (Lipinski definition) is 2. The van der Waals surface area contributed by atoms with Crippen LogP contribution < -0.4 is 5.32 Å². The highest BCUT2D eigenvalue weighted by Crippen LogP contribution is 2.34. The van der Waals surface area contributed by atoms with Crippen molar-refractivity contribution in [3.05, 3.63) is 0 Å². The highest BCUT2D eigenvalue weighted by atomic mass is 16.4. The monoisotopic (exact) mass is 240 g/mol. The first-order valence-electron chi connectivity index (χ1n) is 6.33. The Morgan fingerprint density at radius 1 is 1.53 bits per heavy atom. The predicted octanol–water partition coefficient (Wildman–Crippen LogP) is 1.43. The largest absolute Gasteiger partial charge is 0.479 e. The quantitative estimate of drug-likeness (QED) is 0.784. The van der Waals surface area contributed by atoms with Gasteiger partial charge < -0.3 is 15.3 Å². The lowest BCUT2D eigenvalue weighted by Gasteiger charge is -2.33. The summed E-state index contributed by atoms with van der Waals surface area (Å²) in [6.07, 6.45) is 2.81. The zero-order chi connectivity index (χ0) is 12.6. The smallest absolute Gasteiger partial charge is 0.329 e. The lowest BCUT2D eigenvalue weighted by Crippen LogP contribution is -2.56. The van der Waals surface area contributed by atoms with Gasteiger partial charge in [0.15, 0.2) is 0 Å². The first kappa shape index (κ1) is 12.2. The van der Waals surface area contributed by atoms with E-state index < -0.39 is 11.5 Å². The van der Waals surface area contributed by atoms with E-state index in [1.165, 1.54) is 4.90 Å². The van der Waals surface area contributed by atoms with E-state index in [0.29, 0.717) is 25.3 Å². The molecule has 96 valence electrons. The minimum absolute atomic E-state index is 0.207. The number of hydrogen-bond donors (Lipinski definition) is 2. The van der Waals surface area contributed by atoms with Gasteiger partial charge in [0, 0.05) is 12.6 Å². The standard InChI is InChI=1S/C12H20N2O3/c1-3-12(10(15)16)5-4-6-14(12)11(17)13-9-7-8(9)2/h8-9H,3-7H2,1-2H3,(H,13,17)(H,15,16). The van der Waals surface area contributed by atoms with E-state index in [1.54, 1.807) is 0 Å². The van der Waals surface area contributed by atoms with Crippen molar-refractivity contribution in [1.29, 1.82) is 0 Å². The molecular formula is C12H20N2O3. The minimum atomic E-state index is -0.984. The van der Waals surface area contributed by atoms with E-state index in [4.69, 9.17) is 0 Å². The van der Waals surface area contributed by atoms with Crippen LogP contribution in [-0.4, -0.2) is 40.1 Å². The second kappa shape index (κ2) is 4.20. The van der Waals surface area contributed by atoms with Crippen LogP contribution in [0.3, 0.4) is 0 Å². The number of carboxylic acid groups (broad SMARTS) is 1. The van der Waals surface area contributed by atoms with Gasteiger partial charge in [0.2, 0.25) is 0 Å². The number of urea groups is 1. The van der Waals surface area contributed by atoms with Crippen LogP contribution in [0.2, 0.25) is 0 Å². The molecule has 1 heterocycles. The molecule has 2 N–H and O–H groups in total. The Bertz CT molecular complexity index is 345. The molecule has 2 amide bonds. The van der Waals surface area contributed by atoms with Crippen molar-refractivity contribution in [2.24, 2.45) is 5.92 Å². The summed E-state index contributed by atoms with van der Waals surface area (Å²) in [5, 5.41) is 12.3. The van der Waals surface area contributed by atoms with Crippen molar-refractivity contribution in [2.75, 3.05) is 6.54 Å². The number of likely N-dealkylation sites (tertiary alicyclic amines) is 1. The summed E-state index contributed by atoms with van der Waals surface area (Å²) in [7, 11) is 0. The lowest BCUT2D eigenvalue weighted by molar-refractivity contribution is -0.148. The predicted molar refractivity (Wildman–Crippen MR) is 62.7 cm³/mol. The van der Waals surface area contributed by atoms with E-state index in [-0.39, 0.29) is 12.1 Å². The molecule has 5 nitrogen and oxygen atoms in total. The van der Waals surface area contributed by atoms with E-state index in [1.807, 2.05) is 6.92 Å². The topological polar surface area (TPSA) is 69.6 Å². The molecule has 5 heteroatoms. The third kappa shape index (κ3) is 1.98. The molecule has 1 aliphatic heterocycles.